The first kappa shape index (κ1) is 15.8. The third kappa shape index (κ3) is 4.19. The monoisotopic (exact) mass is 289 g/mol. The van der Waals surface area contributed by atoms with Gasteiger partial charge in [0.15, 0.2) is 0 Å². The summed E-state index contributed by atoms with van der Waals surface area (Å²) in [6.07, 6.45) is 9.46. The average Bonchev–Trinajstić information content (AvgIpc) is 2.74. The van der Waals surface area contributed by atoms with Crippen molar-refractivity contribution < 1.29 is 4.79 Å². The summed E-state index contributed by atoms with van der Waals surface area (Å²) in [5.41, 5.74) is 1.60. The van der Waals surface area contributed by atoms with Gasteiger partial charge in [-0.15, -0.1) is 0 Å². The summed E-state index contributed by atoms with van der Waals surface area (Å²) < 4.78 is 0. The number of pyridine rings is 1. The highest BCUT2D eigenvalue weighted by atomic mass is 16.2. The van der Waals surface area contributed by atoms with Crippen LogP contribution in [0.5, 0.6) is 0 Å². The van der Waals surface area contributed by atoms with Gasteiger partial charge >= 0.3 is 0 Å². The summed E-state index contributed by atoms with van der Waals surface area (Å²) in [5.74, 6) is 0.908. The number of nitrogens with one attached hydrogen (secondary N) is 1. The number of anilines is 1. The maximum Gasteiger partial charge on any atom is 0.257 e. The van der Waals surface area contributed by atoms with Crippen LogP contribution < -0.4 is 5.32 Å². The van der Waals surface area contributed by atoms with Gasteiger partial charge in [-0.25, -0.2) is 0 Å². The van der Waals surface area contributed by atoms with Crippen molar-refractivity contribution in [2.24, 2.45) is 5.92 Å². The van der Waals surface area contributed by atoms with Crippen molar-refractivity contribution in [3.63, 3.8) is 0 Å². The maximum atomic E-state index is 12.8. The maximum absolute atomic E-state index is 12.8. The fourth-order valence-corrected chi connectivity index (χ4v) is 3.15. The second-order valence-corrected chi connectivity index (χ2v) is 5.83. The normalized spacial score (nSPS) is 19.1. The predicted molar refractivity (Wildman–Crippen MR) is 86.6 cm³/mol. The lowest BCUT2D eigenvalue weighted by Crippen LogP contribution is -2.32. The molecule has 0 aliphatic carbocycles. The van der Waals surface area contributed by atoms with E-state index in [0.29, 0.717) is 5.56 Å². The molecule has 0 bridgehead atoms. The van der Waals surface area contributed by atoms with Crippen molar-refractivity contribution in [2.75, 3.05) is 25.0 Å². The third-order valence-corrected chi connectivity index (χ3v) is 4.25. The van der Waals surface area contributed by atoms with Crippen LogP contribution in [0, 0.1) is 5.92 Å². The Morgan fingerprint density at radius 3 is 3.00 bits per heavy atom. The summed E-state index contributed by atoms with van der Waals surface area (Å²) in [4.78, 5) is 18.9. The lowest BCUT2D eigenvalue weighted by Gasteiger charge is -2.22. The Balaban J connectivity index is 2.06. The molecule has 4 nitrogen and oxygen atoms in total. The van der Waals surface area contributed by atoms with Crippen molar-refractivity contribution in [2.45, 2.75) is 46.0 Å². The van der Waals surface area contributed by atoms with Gasteiger partial charge in [0, 0.05) is 32.0 Å². The zero-order valence-corrected chi connectivity index (χ0v) is 13.3. The molecule has 0 radical (unpaired) electrons. The predicted octanol–water partition coefficient (Wildman–Crippen LogP) is 3.56. The van der Waals surface area contributed by atoms with Crippen molar-refractivity contribution in [3.8, 4) is 0 Å². The number of carbonyl (C=O) groups is 1. The van der Waals surface area contributed by atoms with Gasteiger partial charge in [-0.05, 0) is 38.2 Å². The molecular weight excluding hydrogens is 262 g/mol. The van der Waals surface area contributed by atoms with Crippen LogP contribution in [0.25, 0.3) is 0 Å². The van der Waals surface area contributed by atoms with Gasteiger partial charge in [0.2, 0.25) is 0 Å². The second kappa shape index (κ2) is 8.01. The van der Waals surface area contributed by atoms with Crippen molar-refractivity contribution >= 4 is 11.6 Å². The standard InChI is InChI=1S/C17H27N3O/c1-3-6-14-7-5-11-20(12-9-14)17(21)15-13-18-10-8-16(15)19-4-2/h8,10,13-14H,3-7,9,11-12H2,1-2H3,(H,18,19). The van der Waals surface area contributed by atoms with Crippen LogP contribution in [-0.4, -0.2) is 35.4 Å². The molecule has 1 fully saturated rings. The van der Waals surface area contributed by atoms with Gasteiger partial charge in [-0.2, -0.15) is 0 Å². The van der Waals surface area contributed by atoms with Gasteiger partial charge in [-0.3, -0.25) is 9.78 Å². The Bertz CT molecular complexity index is 461. The minimum atomic E-state index is 0.121. The van der Waals surface area contributed by atoms with E-state index in [1.807, 2.05) is 17.9 Å². The lowest BCUT2D eigenvalue weighted by molar-refractivity contribution is 0.0760. The van der Waals surface area contributed by atoms with E-state index in [0.717, 1.165) is 44.1 Å². The van der Waals surface area contributed by atoms with Crippen LogP contribution >= 0.6 is 0 Å². The minimum Gasteiger partial charge on any atom is -0.385 e. The molecule has 4 heteroatoms. The molecule has 1 amide bonds. The van der Waals surface area contributed by atoms with Crippen molar-refractivity contribution in [1.29, 1.82) is 0 Å². The first-order valence-electron chi connectivity index (χ1n) is 8.23. The Kier molecular flexibility index (Phi) is 6.03. The molecular formula is C17H27N3O. The molecule has 1 aromatic heterocycles. The summed E-state index contributed by atoms with van der Waals surface area (Å²) >= 11 is 0. The molecule has 116 valence electrons. The van der Waals surface area contributed by atoms with E-state index in [9.17, 15) is 4.79 Å². The van der Waals surface area contributed by atoms with Crippen LogP contribution in [-0.2, 0) is 0 Å². The number of amides is 1. The van der Waals surface area contributed by atoms with E-state index in [1.165, 1.54) is 19.3 Å². The zero-order valence-electron chi connectivity index (χ0n) is 13.3. The molecule has 0 saturated carbocycles. The van der Waals surface area contributed by atoms with Crippen LogP contribution in [0.15, 0.2) is 18.5 Å². The fraction of sp³-hybridized carbons (Fsp3) is 0.647. The number of aromatic nitrogens is 1. The number of likely N-dealkylation sites (tertiary alicyclic amines) is 1. The minimum absolute atomic E-state index is 0.121. The van der Waals surface area contributed by atoms with E-state index in [1.54, 1.807) is 12.4 Å². The van der Waals surface area contributed by atoms with Gasteiger partial charge in [-0.1, -0.05) is 19.8 Å². The highest BCUT2D eigenvalue weighted by Gasteiger charge is 2.22. The highest BCUT2D eigenvalue weighted by molar-refractivity contribution is 5.99. The fourth-order valence-electron chi connectivity index (χ4n) is 3.15. The first-order chi connectivity index (χ1) is 10.3. The van der Waals surface area contributed by atoms with Gasteiger partial charge in [0.25, 0.3) is 5.91 Å². The Morgan fingerprint density at radius 2 is 2.24 bits per heavy atom. The highest BCUT2D eigenvalue weighted by Crippen LogP contribution is 2.24. The third-order valence-electron chi connectivity index (χ3n) is 4.25. The smallest absolute Gasteiger partial charge is 0.257 e. The van der Waals surface area contributed by atoms with E-state index in [4.69, 9.17) is 0 Å². The molecule has 1 atom stereocenters. The Hall–Kier alpha value is -1.58. The Morgan fingerprint density at radius 1 is 1.38 bits per heavy atom. The second-order valence-electron chi connectivity index (χ2n) is 5.83. The zero-order chi connectivity index (χ0) is 15.1. The molecule has 1 N–H and O–H groups in total. The van der Waals surface area contributed by atoms with Crippen LogP contribution in [0.1, 0.15) is 56.3 Å². The molecule has 1 aliphatic rings. The molecule has 2 rings (SSSR count). The number of carbonyl (C=O) groups excluding carboxylic acids is 1. The quantitative estimate of drug-likeness (QED) is 0.901. The molecule has 1 saturated heterocycles. The molecule has 2 heterocycles. The summed E-state index contributed by atoms with van der Waals surface area (Å²) in [5, 5.41) is 3.25. The number of hydrogen-bond acceptors (Lipinski definition) is 3. The van der Waals surface area contributed by atoms with Gasteiger partial charge in [0.05, 0.1) is 11.3 Å². The van der Waals surface area contributed by atoms with Gasteiger partial charge < -0.3 is 10.2 Å². The molecule has 21 heavy (non-hydrogen) atoms. The molecule has 1 aromatic rings. The molecule has 1 unspecified atom stereocenters. The van der Waals surface area contributed by atoms with Crippen molar-refractivity contribution in [3.05, 3.63) is 24.0 Å². The van der Waals surface area contributed by atoms with Crippen molar-refractivity contribution in [1.82, 2.24) is 9.88 Å². The van der Waals surface area contributed by atoms with Crippen LogP contribution in [0.3, 0.4) is 0 Å². The van der Waals surface area contributed by atoms with E-state index in [-0.39, 0.29) is 5.91 Å². The molecule has 0 spiro atoms. The van der Waals surface area contributed by atoms with E-state index < -0.39 is 0 Å². The molecule has 0 aromatic carbocycles. The van der Waals surface area contributed by atoms with Crippen LogP contribution in [0.4, 0.5) is 5.69 Å². The summed E-state index contributed by atoms with van der Waals surface area (Å²) in [6.45, 7) is 6.84. The number of hydrogen-bond donors (Lipinski definition) is 1. The average molecular weight is 289 g/mol. The number of nitrogens with zero attached hydrogens (tertiary/aromatic N) is 2. The topological polar surface area (TPSA) is 45.2 Å². The Labute approximate surface area is 127 Å². The first-order valence-corrected chi connectivity index (χ1v) is 8.23. The SMILES string of the molecule is CCCC1CCCN(C(=O)c2cnccc2NCC)CC1. The van der Waals surface area contributed by atoms with Gasteiger partial charge in [0.1, 0.15) is 0 Å². The largest absolute Gasteiger partial charge is 0.385 e. The summed E-state index contributed by atoms with van der Waals surface area (Å²) in [6, 6.07) is 1.88. The van der Waals surface area contributed by atoms with E-state index in [2.05, 4.69) is 17.2 Å². The van der Waals surface area contributed by atoms with Crippen LogP contribution in [0.2, 0.25) is 0 Å². The van der Waals surface area contributed by atoms with E-state index >= 15 is 0 Å². The number of rotatable bonds is 5. The summed E-state index contributed by atoms with van der Waals surface area (Å²) in [7, 11) is 0. The lowest BCUT2D eigenvalue weighted by atomic mass is 9.96. The molecule has 1 aliphatic heterocycles.